The molecule has 1 aliphatic heterocycles. The van der Waals surface area contributed by atoms with Crippen molar-refractivity contribution in [3.8, 4) is 0 Å². The Morgan fingerprint density at radius 2 is 2.00 bits per heavy atom. The van der Waals surface area contributed by atoms with Gasteiger partial charge in [0.2, 0.25) is 0 Å². The average molecular weight is 254 g/mol. The van der Waals surface area contributed by atoms with Crippen LogP contribution in [0.3, 0.4) is 0 Å². The molecule has 0 amide bonds. The van der Waals surface area contributed by atoms with E-state index in [1.807, 2.05) is 0 Å². The molecule has 0 saturated heterocycles. The summed E-state index contributed by atoms with van der Waals surface area (Å²) in [7, 11) is 0. The summed E-state index contributed by atoms with van der Waals surface area (Å²) >= 11 is 0. The Kier molecular flexibility index (Phi) is 3.49. The molecule has 1 atom stereocenters. The number of hydrazine groups is 1. The van der Waals surface area contributed by atoms with E-state index in [0.717, 1.165) is 25.2 Å². The van der Waals surface area contributed by atoms with Crippen molar-refractivity contribution in [2.75, 3.05) is 6.61 Å². The van der Waals surface area contributed by atoms with Crippen LogP contribution >= 0.6 is 0 Å². The fraction of sp³-hybridized carbons (Fsp3) is 0.250. The summed E-state index contributed by atoms with van der Waals surface area (Å²) in [6, 6.07) is 14.9. The molecule has 0 spiro atoms. The van der Waals surface area contributed by atoms with Crippen molar-refractivity contribution in [1.29, 1.82) is 0 Å². The number of rotatable bonds is 4. The molecule has 0 saturated carbocycles. The molecule has 0 aromatic heterocycles. The second kappa shape index (κ2) is 5.43. The zero-order valence-electron chi connectivity index (χ0n) is 10.8. The molecule has 3 nitrogen and oxygen atoms in total. The van der Waals surface area contributed by atoms with Gasteiger partial charge in [-0.25, -0.2) is 5.43 Å². The third-order valence-electron chi connectivity index (χ3n) is 3.58. The minimum Gasteiger partial charge on any atom is -0.496 e. The third-order valence-corrected chi connectivity index (χ3v) is 3.58. The number of hydrogen-bond donors (Lipinski definition) is 2. The van der Waals surface area contributed by atoms with Crippen molar-refractivity contribution in [3.63, 3.8) is 0 Å². The second-order valence-corrected chi connectivity index (χ2v) is 4.81. The summed E-state index contributed by atoms with van der Waals surface area (Å²) in [6.45, 7) is 0.767. The van der Waals surface area contributed by atoms with Gasteiger partial charge in [-0.3, -0.25) is 5.84 Å². The van der Waals surface area contributed by atoms with Crippen molar-refractivity contribution < 1.29 is 4.74 Å². The van der Waals surface area contributed by atoms with Crippen molar-refractivity contribution in [2.45, 2.75) is 18.9 Å². The molecule has 3 heteroatoms. The predicted octanol–water partition coefficient (Wildman–Crippen LogP) is 2.52. The van der Waals surface area contributed by atoms with Crippen molar-refractivity contribution in [1.82, 2.24) is 5.43 Å². The zero-order valence-corrected chi connectivity index (χ0v) is 10.8. The van der Waals surface area contributed by atoms with Crippen LogP contribution in [-0.2, 0) is 11.2 Å². The highest BCUT2D eigenvalue weighted by Gasteiger charge is 2.18. The van der Waals surface area contributed by atoms with Crippen LogP contribution in [0.1, 0.15) is 12.0 Å². The lowest BCUT2D eigenvalue weighted by atomic mass is 9.98. The van der Waals surface area contributed by atoms with E-state index in [9.17, 15) is 0 Å². The lowest BCUT2D eigenvalue weighted by Gasteiger charge is -2.18. The van der Waals surface area contributed by atoms with Crippen LogP contribution in [0.5, 0.6) is 0 Å². The molecule has 1 heterocycles. The molecule has 19 heavy (non-hydrogen) atoms. The number of hydrogen-bond acceptors (Lipinski definition) is 3. The van der Waals surface area contributed by atoms with E-state index in [1.54, 1.807) is 0 Å². The maximum absolute atomic E-state index is 5.67. The molecule has 0 aliphatic carbocycles. The van der Waals surface area contributed by atoms with Crippen LogP contribution in [-0.4, -0.2) is 12.6 Å². The minimum atomic E-state index is 0.0494. The van der Waals surface area contributed by atoms with E-state index in [-0.39, 0.29) is 6.04 Å². The van der Waals surface area contributed by atoms with Gasteiger partial charge in [0.15, 0.2) is 0 Å². The summed E-state index contributed by atoms with van der Waals surface area (Å²) in [5, 5.41) is 2.54. The maximum atomic E-state index is 5.67. The van der Waals surface area contributed by atoms with Crippen LogP contribution < -0.4 is 11.3 Å². The van der Waals surface area contributed by atoms with Crippen molar-refractivity contribution in [2.24, 2.45) is 5.84 Å². The summed E-state index contributed by atoms with van der Waals surface area (Å²) in [6.07, 6.45) is 3.93. The Balaban J connectivity index is 1.91. The van der Waals surface area contributed by atoms with Crippen LogP contribution in [0, 0.1) is 0 Å². The predicted molar refractivity (Wildman–Crippen MR) is 77.4 cm³/mol. The van der Waals surface area contributed by atoms with E-state index < -0.39 is 0 Å². The average Bonchev–Trinajstić information content (AvgIpc) is 2.99. The molecule has 2 aromatic carbocycles. The standard InChI is InChI=1S/C16H18N2O/c17-18-15(16-9-4-10-19-16)11-13-7-3-6-12-5-1-2-8-14(12)13/h1-3,5-9,15,18H,4,10-11,17H2. The van der Waals surface area contributed by atoms with Gasteiger partial charge in [0.05, 0.1) is 12.6 Å². The largest absolute Gasteiger partial charge is 0.496 e. The van der Waals surface area contributed by atoms with Crippen LogP contribution in [0.2, 0.25) is 0 Å². The third kappa shape index (κ3) is 2.48. The summed E-state index contributed by atoms with van der Waals surface area (Å²) in [5.41, 5.74) is 4.15. The second-order valence-electron chi connectivity index (χ2n) is 4.81. The Morgan fingerprint density at radius 1 is 1.16 bits per heavy atom. The molecule has 0 fully saturated rings. The Hall–Kier alpha value is -1.84. The number of benzene rings is 2. The van der Waals surface area contributed by atoms with Gasteiger partial charge in [0.1, 0.15) is 5.76 Å². The topological polar surface area (TPSA) is 47.3 Å². The molecule has 98 valence electrons. The van der Waals surface area contributed by atoms with Gasteiger partial charge in [-0.2, -0.15) is 0 Å². The van der Waals surface area contributed by atoms with Crippen LogP contribution in [0.15, 0.2) is 54.3 Å². The quantitative estimate of drug-likeness (QED) is 0.651. The molecule has 2 aromatic rings. The molecule has 0 radical (unpaired) electrons. The van der Waals surface area contributed by atoms with Gasteiger partial charge in [-0.1, -0.05) is 42.5 Å². The number of nitrogens with one attached hydrogen (secondary N) is 1. The highest BCUT2D eigenvalue weighted by molar-refractivity contribution is 5.85. The molecule has 3 rings (SSSR count). The fourth-order valence-corrected chi connectivity index (χ4v) is 2.61. The highest BCUT2D eigenvalue weighted by Crippen LogP contribution is 2.22. The van der Waals surface area contributed by atoms with E-state index in [0.29, 0.717) is 0 Å². The smallest absolute Gasteiger partial charge is 0.111 e. The zero-order chi connectivity index (χ0) is 13.1. The first-order valence-corrected chi connectivity index (χ1v) is 6.64. The van der Waals surface area contributed by atoms with Crippen molar-refractivity contribution >= 4 is 10.8 Å². The molecular formula is C16H18N2O. The molecule has 0 bridgehead atoms. The van der Waals surface area contributed by atoms with E-state index in [1.165, 1.54) is 16.3 Å². The summed E-state index contributed by atoms with van der Waals surface area (Å²) < 4.78 is 5.61. The van der Waals surface area contributed by atoms with Gasteiger partial charge in [0.25, 0.3) is 0 Å². The van der Waals surface area contributed by atoms with E-state index >= 15 is 0 Å². The van der Waals surface area contributed by atoms with Crippen molar-refractivity contribution in [3.05, 3.63) is 59.9 Å². The van der Waals surface area contributed by atoms with E-state index in [4.69, 9.17) is 10.6 Å². The lowest BCUT2D eigenvalue weighted by molar-refractivity contribution is 0.214. The number of fused-ring (bicyclic) bond motifs is 1. The Bertz CT molecular complexity index is 601. The Labute approximate surface area is 113 Å². The molecule has 3 N–H and O–H groups in total. The normalized spacial score (nSPS) is 16.2. The fourth-order valence-electron chi connectivity index (χ4n) is 2.61. The Morgan fingerprint density at radius 3 is 2.79 bits per heavy atom. The summed E-state index contributed by atoms with van der Waals surface area (Å²) in [5.74, 6) is 6.64. The van der Waals surface area contributed by atoms with Crippen LogP contribution in [0.4, 0.5) is 0 Å². The van der Waals surface area contributed by atoms with Gasteiger partial charge < -0.3 is 4.74 Å². The van der Waals surface area contributed by atoms with Gasteiger partial charge in [-0.05, 0) is 28.8 Å². The van der Waals surface area contributed by atoms with Crippen LogP contribution in [0.25, 0.3) is 10.8 Å². The minimum absolute atomic E-state index is 0.0494. The first-order valence-electron chi connectivity index (χ1n) is 6.64. The highest BCUT2D eigenvalue weighted by atomic mass is 16.5. The summed E-state index contributed by atoms with van der Waals surface area (Å²) in [4.78, 5) is 0. The lowest BCUT2D eigenvalue weighted by Crippen LogP contribution is -2.38. The SMILES string of the molecule is NNC(Cc1cccc2ccccc12)C1=CCCO1. The monoisotopic (exact) mass is 254 g/mol. The molecule has 1 unspecified atom stereocenters. The maximum Gasteiger partial charge on any atom is 0.111 e. The molecular weight excluding hydrogens is 236 g/mol. The van der Waals surface area contributed by atoms with Gasteiger partial charge in [-0.15, -0.1) is 0 Å². The molecule has 1 aliphatic rings. The number of nitrogens with two attached hydrogens (primary N) is 1. The number of ether oxygens (including phenoxy) is 1. The van der Waals surface area contributed by atoms with Gasteiger partial charge in [0, 0.05) is 6.42 Å². The first-order chi connectivity index (χ1) is 9.38. The van der Waals surface area contributed by atoms with Gasteiger partial charge >= 0.3 is 0 Å². The first kappa shape index (κ1) is 12.2. The van der Waals surface area contributed by atoms with E-state index in [2.05, 4.69) is 54.0 Å².